The number of aromatic nitrogens is 1. The van der Waals surface area contributed by atoms with Gasteiger partial charge in [-0.15, -0.1) is 0 Å². The van der Waals surface area contributed by atoms with E-state index in [9.17, 15) is 8.42 Å². The minimum absolute atomic E-state index is 0.152. The monoisotopic (exact) mass is 342 g/mol. The van der Waals surface area contributed by atoms with Crippen LogP contribution in [0.2, 0.25) is 0 Å². The van der Waals surface area contributed by atoms with Crippen LogP contribution in [0.3, 0.4) is 0 Å². The molecule has 0 aliphatic rings. The second-order valence-electron chi connectivity index (χ2n) is 3.61. The molecule has 0 aliphatic heterocycles. The molecule has 1 aromatic heterocycles. The number of nitrogen functional groups attached to an aromatic ring is 1. The van der Waals surface area contributed by atoms with Crippen molar-refractivity contribution in [1.82, 2.24) is 4.98 Å². The molecule has 2 aromatic rings. The van der Waals surface area contributed by atoms with Crippen molar-refractivity contribution in [1.29, 1.82) is 0 Å². The lowest BCUT2D eigenvalue weighted by Gasteiger charge is -2.10. The molecule has 0 unspecified atom stereocenters. The van der Waals surface area contributed by atoms with E-state index in [1.54, 1.807) is 30.3 Å². The zero-order valence-electron chi connectivity index (χ0n) is 9.67. The minimum atomic E-state index is -3.79. The Labute approximate surface area is 119 Å². The highest BCUT2D eigenvalue weighted by Gasteiger charge is 2.19. The summed E-state index contributed by atoms with van der Waals surface area (Å²) in [6, 6.07) is 9.87. The first kappa shape index (κ1) is 13.8. The van der Waals surface area contributed by atoms with Crippen LogP contribution in [0.1, 0.15) is 0 Å². The van der Waals surface area contributed by atoms with E-state index in [2.05, 4.69) is 31.1 Å². The standard InChI is InChI=1S/C11H11BrN4O2S/c12-8-3-5-9(6-4-8)16-19(17,18)11-10(15-13)2-1-7-14-11/h1-7,15-16H,13H2. The summed E-state index contributed by atoms with van der Waals surface area (Å²) >= 11 is 3.28. The van der Waals surface area contributed by atoms with Gasteiger partial charge in [0, 0.05) is 16.4 Å². The zero-order valence-corrected chi connectivity index (χ0v) is 12.1. The number of benzene rings is 1. The number of halogens is 1. The normalized spacial score (nSPS) is 11.1. The van der Waals surface area contributed by atoms with Gasteiger partial charge in [0.25, 0.3) is 10.0 Å². The first-order valence-corrected chi connectivity index (χ1v) is 7.50. The summed E-state index contributed by atoms with van der Waals surface area (Å²) in [5.74, 6) is 5.27. The highest BCUT2D eigenvalue weighted by atomic mass is 79.9. The molecule has 0 aliphatic carbocycles. The number of nitrogens with zero attached hydrogens (tertiary/aromatic N) is 1. The van der Waals surface area contributed by atoms with Crippen LogP contribution in [-0.4, -0.2) is 13.4 Å². The summed E-state index contributed by atoms with van der Waals surface area (Å²) in [7, 11) is -3.79. The van der Waals surface area contributed by atoms with Crippen LogP contribution in [0.15, 0.2) is 52.1 Å². The number of nitrogens with two attached hydrogens (primary N) is 1. The molecule has 0 radical (unpaired) electrons. The van der Waals surface area contributed by atoms with Crippen molar-refractivity contribution in [2.24, 2.45) is 5.84 Å². The molecule has 0 fully saturated rings. The van der Waals surface area contributed by atoms with Crippen LogP contribution in [-0.2, 0) is 10.0 Å². The molecular weight excluding hydrogens is 332 g/mol. The fraction of sp³-hybridized carbons (Fsp3) is 0. The van der Waals surface area contributed by atoms with E-state index >= 15 is 0 Å². The minimum Gasteiger partial charge on any atom is -0.321 e. The lowest BCUT2D eigenvalue weighted by Crippen LogP contribution is -2.18. The van der Waals surface area contributed by atoms with E-state index in [-0.39, 0.29) is 10.7 Å². The third-order valence-electron chi connectivity index (χ3n) is 2.28. The van der Waals surface area contributed by atoms with Crippen LogP contribution in [0.25, 0.3) is 0 Å². The Balaban J connectivity index is 2.35. The fourth-order valence-electron chi connectivity index (χ4n) is 1.44. The second-order valence-corrected chi connectivity index (χ2v) is 6.13. The van der Waals surface area contributed by atoms with Gasteiger partial charge in [-0.1, -0.05) is 15.9 Å². The molecule has 4 N–H and O–H groups in total. The van der Waals surface area contributed by atoms with Crippen molar-refractivity contribution >= 4 is 37.3 Å². The quantitative estimate of drug-likeness (QED) is 0.582. The van der Waals surface area contributed by atoms with E-state index in [4.69, 9.17) is 5.84 Å². The topological polar surface area (TPSA) is 97.1 Å². The molecule has 0 saturated heterocycles. The molecule has 100 valence electrons. The molecule has 1 heterocycles. The van der Waals surface area contributed by atoms with Crippen molar-refractivity contribution in [3.63, 3.8) is 0 Å². The van der Waals surface area contributed by atoms with Gasteiger partial charge in [0.05, 0.1) is 5.69 Å². The largest absolute Gasteiger partial charge is 0.321 e. The van der Waals surface area contributed by atoms with Crippen LogP contribution in [0, 0.1) is 0 Å². The van der Waals surface area contributed by atoms with Gasteiger partial charge < -0.3 is 5.43 Å². The maximum atomic E-state index is 12.2. The third kappa shape index (κ3) is 3.22. The highest BCUT2D eigenvalue weighted by molar-refractivity contribution is 9.10. The predicted molar refractivity (Wildman–Crippen MR) is 77.0 cm³/mol. The Morgan fingerprint density at radius 1 is 1.16 bits per heavy atom. The Morgan fingerprint density at radius 3 is 2.47 bits per heavy atom. The highest BCUT2D eigenvalue weighted by Crippen LogP contribution is 2.21. The number of sulfonamides is 1. The Bertz CT molecular complexity index is 673. The first-order chi connectivity index (χ1) is 9.03. The van der Waals surface area contributed by atoms with Gasteiger partial charge in [0.2, 0.25) is 5.03 Å². The lowest BCUT2D eigenvalue weighted by atomic mass is 10.3. The number of rotatable bonds is 4. The molecule has 8 heteroatoms. The van der Waals surface area contributed by atoms with Crippen molar-refractivity contribution in [2.45, 2.75) is 5.03 Å². The lowest BCUT2D eigenvalue weighted by molar-refractivity contribution is 0.598. The van der Waals surface area contributed by atoms with E-state index in [0.717, 1.165) is 4.47 Å². The number of nitrogens with one attached hydrogen (secondary N) is 2. The summed E-state index contributed by atoms with van der Waals surface area (Å²) in [5.41, 5.74) is 2.98. The van der Waals surface area contributed by atoms with Crippen LogP contribution in [0.4, 0.5) is 11.4 Å². The van der Waals surface area contributed by atoms with E-state index in [1.165, 1.54) is 12.3 Å². The van der Waals surface area contributed by atoms with Crippen molar-refractivity contribution < 1.29 is 8.42 Å². The molecule has 1 aromatic carbocycles. The molecule has 0 bridgehead atoms. The number of hydrogen-bond acceptors (Lipinski definition) is 5. The van der Waals surface area contributed by atoms with Crippen LogP contribution < -0.4 is 16.0 Å². The summed E-state index contributed by atoms with van der Waals surface area (Å²) in [6.45, 7) is 0. The average molecular weight is 343 g/mol. The van der Waals surface area contributed by atoms with E-state index in [0.29, 0.717) is 5.69 Å². The van der Waals surface area contributed by atoms with Crippen molar-refractivity contribution in [3.05, 3.63) is 47.1 Å². The number of hydrogen-bond donors (Lipinski definition) is 3. The maximum Gasteiger partial charge on any atom is 0.281 e. The second kappa shape index (κ2) is 5.55. The van der Waals surface area contributed by atoms with Gasteiger partial charge >= 0.3 is 0 Å². The molecule has 0 atom stereocenters. The van der Waals surface area contributed by atoms with Crippen molar-refractivity contribution in [3.8, 4) is 0 Å². The van der Waals surface area contributed by atoms with E-state index < -0.39 is 10.0 Å². The van der Waals surface area contributed by atoms with Gasteiger partial charge in [-0.05, 0) is 36.4 Å². The van der Waals surface area contributed by atoms with Crippen molar-refractivity contribution in [2.75, 3.05) is 10.1 Å². The predicted octanol–water partition coefficient (Wildman–Crippen LogP) is 1.93. The molecule has 2 rings (SSSR count). The smallest absolute Gasteiger partial charge is 0.281 e. The maximum absolute atomic E-state index is 12.2. The van der Waals surface area contributed by atoms with Gasteiger partial charge in [-0.3, -0.25) is 10.6 Å². The third-order valence-corrected chi connectivity index (χ3v) is 4.15. The molecule has 0 spiro atoms. The summed E-state index contributed by atoms with van der Waals surface area (Å²) in [5, 5.41) is -0.152. The number of hydrazine groups is 1. The van der Waals surface area contributed by atoms with Gasteiger partial charge in [0.1, 0.15) is 0 Å². The van der Waals surface area contributed by atoms with Crippen LogP contribution >= 0.6 is 15.9 Å². The van der Waals surface area contributed by atoms with Gasteiger partial charge in [-0.2, -0.15) is 8.42 Å². The van der Waals surface area contributed by atoms with Crippen LogP contribution in [0.5, 0.6) is 0 Å². The molecule has 0 saturated carbocycles. The zero-order chi connectivity index (χ0) is 13.9. The summed E-state index contributed by atoms with van der Waals surface area (Å²) in [4.78, 5) is 3.83. The Morgan fingerprint density at radius 2 is 1.84 bits per heavy atom. The molecule has 19 heavy (non-hydrogen) atoms. The average Bonchev–Trinajstić information content (AvgIpc) is 2.41. The molecule has 6 nitrogen and oxygen atoms in total. The number of pyridine rings is 1. The first-order valence-electron chi connectivity index (χ1n) is 5.23. The SMILES string of the molecule is NNc1cccnc1S(=O)(=O)Nc1ccc(Br)cc1. The fourth-order valence-corrected chi connectivity index (χ4v) is 2.86. The Hall–Kier alpha value is -1.64. The summed E-state index contributed by atoms with van der Waals surface area (Å²) in [6.07, 6.45) is 1.39. The molecular formula is C11H11BrN4O2S. The summed E-state index contributed by atoms with van der Waals surface area (Å²) < 4.78 is 27.7. The molecule has 0 amide bonds. The Kier molecular flexibility index (Phi) is 4.03. The van der Waals surface area contributed by atoms with Gasteiger partial charge in [-0.25, -0.2) is 4.98 Å². The van der Waals surface area contributed by atoms with E-state index in [1.807, 2.05) is 0 Å². The number of anilines is 2. The van der Waals surface area contributed by atoms with Gasteiger partial charge in [0.15, 0.2) is 0 Å².